The maximum absolute atomic E-state index is 10.5. The van der Waals surface area contributed by atoms with Gasteiger partial charge in [0.15, 0.2) is 0 Å². The van der Waals surface area contributed by atoms with Gasteiger partial charge in [-0.15, -0.1) is 11.3 Å². The Hall–Kier alpha value is -0.910. The minimum atomic E-state index is -0.808. The third-order valence-electron chi connectivity index (χ3n) is 2.86. The van der Waals surface area contributed by atoms with Gasteiger partial charge < -0.3 is 10.2 Å². The van der Waals surface area contributed by atoms with Crippen LogP contribution in [0.2, 0.25) is 0 Å². The summed E-state index contributed by atoms with van der Waals surface area (Å²) >= 11 is 1.52. The first-order chi connectivity index (χ1) is 8.06. The third-order valence-corrected chi connectivity index (χ3v) is 3.80. The first-order valence-electron chi connectivity index (χ1n) is 5.69. The Kier molecular flexibility index (Phi) is 5.61. The number of carbonyl (C=O) groups is 1. The summed E-state index contributed by atoms with van der Waals surface area (Å²) in [5.41, 5.74) is 0. The van der Waals surface area contributed by atoms with Crippen molar-refractivity contribution in [2.24, 2.45) is 0 Å². The zero-order chi connectivity index (χ0) is 12.8. The molecule has 4 nitrogen and oxygen atoms in total. The summed E-state index contributed by atoms with van der Waals surface area (Å²) in [6, 6.07) is 3.78. The van der Waals surface area contributed by atoms with Crippen molar-refractivity contribution in [3.63, 3.8) is 0 Å². The molecule has 0 bridgehead atoms. The average Bonchev–Trinajstić information content (AvgIpc) is 2.80. The van der Waals surface area contributed by atoms with E-state index in [-0.39, 0.29) is 12.5 Å². The van der Waals surface area contributed by atoms with Crippen LogP contribution in [0, 0.1) is 0 Å². The van der Waals surface area contributed by atoms with Crippen LogP contribution in [-0.4, -0.2) is 40.7 Å². The molecular formula is C12H19NO3S. The largest absolute Gasteiger partial charge is 0.481 e. The Bertz CT molecular complexity index is 340. The highest BCUT2D eigenvalue weighted by molar-refractivity contribution is 7.10. The van der Waals surface area contributed by atoms with Gasteiger partial charge in [-0.25, -0.2) is 0 Å². The number of carboxylic acid groups (broad SMARTS) is 1. The molecule has 2 unspecified atom stereocenters. The van der Waals surface area contributed by atoms with E-state index < -0.39 is 12.1 Å². The molecule has 0 spiro atoms. The van der Waals surface area contributed by atoms with Gasteiger partial charge in [-0.2, -0.15) is 0 Å². The van der Waals surface area contributed by atoms with Crippen molar-refractivity contribution in [3.05, 3.63) is 22.4 Å². The van der Waals surface area contributed by atoms with Crippen molar-refractivity contribution in [1.82, 2.24) is 4.90 Å². The van der Waals surface area contributed by atoms with Crippen LogP contribution in [0.3, 0.4) is 0 Å². The summed E-state index contributed by atoms with van der Waals surface area (Å²) in [4.78, 5) is 13.4. The fourth-order valence-electron chi connectivity index (χ4n) is 1.86. The Balaban J connectivity index is 2.60. The predicted octanol–water partition coefficient (Wildman–Crippen LogP) is 1.97. The van der Waals surface area contributed by atoms with Crippen LogP contribution in [0.1, 0.15) is 30.7 Å². The topological polar surface area (TPSA) is 60.8 Å². The van der Waals surface area contributed by atoms with E-state index in [0.29, 0.717) is 6.54 Å². The fourth-order valence-corrected chi connectivity index (χ4v) is 2.63. The van der Waals surface area contributed by atoms with Crippen LogP contribution in [0.15, 0.2) is 17.5 Å². The number of hydrogen-bond acceptors (Lipinski definition) is 4. The molecular weight excluding hydrogens is 238 g/mol. The van der Waals surface area contributed by atoms with Gasteiger partial charge in [0.2, 0.25) is 0 Å². The highest BCUT2D eigenvalue weighted by Gasteiger charge is 2.24. The Labute approximate surface area is 106 Å². The lowest BCUT2D eigenvalue weighted by molar-refractivity contribution is -0.137. The molecule has 1 aromatic rings. The lowest BCUT2D eigenvalue weighted by Gasteiger charge is -2.30. The van der Waals surface area contributed by atoms with Gasteiger partial charge in [0, 0.05) is 17.5 Å². The van der Waals surface area contributed by atoms with Crippen molar-refractivity contribution in [3.8, 4) is 0 Å². The minimum Gasteiger partial charge on any atom is -0.481 e. The molecule has 0 amide bonds. The molecule has 1 heterocycles. The number of hydrogen-bond donors (Lipinski definition) is 2. The molecule has 0 aliphatic carbocycles. The highest BCUT2D eigenvalue weighted by Crippen LogP contribution is 2.26. The highest BCUT2D eigenvalue weighted by atomic mass is 32.1. The second kappa shape index (κ2) is 6.74. The van der Waals surface area contributed by atoms with Gasteiger partial charge in [0.25, 0.3) is 0 Å². The number of nitrogens with zero attached hydrogens (tertiary/aromatic N) is 1. The molecule has 1 aromatic heterocycles. The van der Waals surface area contributed by atoms with Crippen LogP contribution >= 0.6 is 11.3 Å². The van der Waals surface area contributed by atoms with E-state index in [1.165, 1.54) is 11.3 Å². The van der Waals surface area contributed by atoms with Crippen molar-refractivity contribution < 1.29 is 15.0 Å². The summed E-state index contributed by atoms with van der Waals surface area (Å²) in [5.74, 6) is -0.808. The summed E-state index contributed by atoms with van der Waals surface area (Å²) in [6.07, 6.45) is 0.345. The molecule has 0 aliphatic heterocycles. The number of aliphatic carboxylic acids is 1. The quantitative estimate of drug-likeness (QED) is 0.784. The molecule has 2 atom stereocenters. The summed E-state index contributed by atoms with van der Waals surface area (Å²) < 4.78 is 0. The van der Waals surface area contributed by atoms with Crippen LogP contribution in [-0.2, 0) is 4.79 Å². The Morgan fingerprint density at radius 3 is 2.76 bits per heavy atom. The maximum Gasteiger partial charge on any atom is 0.304 e. The molecule has 0 aromatic carbocycles. The van der Waals surface area contributed by atoms with E-state index in [0.717, 1.165) is 11.3 Å². The molecule has 17 heavy (non-hydrogen) atoms. The van der Waals surface area contributed by atoms with Gasteiger partial charge in [-0.1, -0.05) is 13.0 Å². The second-order valence-electron chi connectivity index (χ2n) is 4.06. The van der Waals surface area contributed by atoms with E-state index in [9.17, 15) is 9.90 Å². The summed E-state index contributed by atoms with van der Waals surface area (Å²) in [5, 5.41) is 20.8. The Morgan fingerprint density at radius 1 is 1.59 bits per heavy atom. The molecule has 0 radical (unpaired) electrons. The molecule has 0 saturated heterocycles. The normalized spacial score (nSPS) is 14.8. The smallest absolute Gasteiger partial charge is 0.304 e. The van der Waals surface area contributed by atoms with E-state index in [2.05, 4.69) is 0 Å². The van der Waals surface area contributed by atoms with Gasteiger partial charge >= 0.3 is 5.97 Å². The number of aliphatic hydroxyl groups is 1. The number of thiophene rings is 1. The molecule has 1 rings (SSSR count). The molecule has 2 N–H and O–H groups in total. The molecule has 96 valence electrons. The van der Waals surface area contributed by atoms with Crippen molar-refractivity contribution in [2.45, 2.75) is 31.9 Å². The first kappa shape index (κ1) is 14.2. The number of likely N-dealkylation sites (N-methyl/N-ethyl adjacent to an activating group) is 1. The standard InChI is InChI=1S/C12H19NO3S/c1-3-9(13(2)7-6-11(14)15)12(16)10-5-4-8-17-10/h4-5,8-9,12,16H,3,6-7H2,1-2H3,(H,14,15). The maximum atomic E-state index is 10.5. The van der Waals surface area contributed by atoms with Crippen LogP contribution in [0.5, 0.6) is 0 Å². The molecule has 0 fully saturated rings. The monoisotopic (exact) mass is 257 g/mol. The van der Waals surface area contributed by atoms with Crippen molar-refractivity contribution in [1.29, 1.82) is 0 Å². The fraction of sp³-hybridized carbons (Fsp3) is 0.583. The summed E-state index contributed by atoms with van der Waals surface area (Å²) in [7, 11) is 1.86. The summed E-state index contributed by atoms with van der Waals surface area (Å²) in [6.45, 7) is 2.45. The molecule has 5 heteroatoms. The van der Waals surface area contributed by atoms with Crippen molar-refractivity contribution in [2.75, 3.05) is 13.6 Å². The lowest BCUT2D eigenvalue weighted by atomic mass is 10.1. The van der Waals surface area contributed by atoms with Gasteiger partial charge in [-0.05, 0) is 24.9 Å². The first-order valence-corrected chi connectivity index (χ1v) is 6.57. The molecule has 0 saturated carbocycles. The van der Waals surface area contributed by atoms with E-state index in [4.69, 9.17) is 5.11 Å². The van der Waals surface area contributed by atoms with E-state index in [1.807, 2.05) is 36.4 Å². The Morgan fingerprint density at radius 2 is 2.29 bits per heavy atom. The number of rotatable bonds is 7. The average molecular weight is 257 g/mol. The zero-order valence-corrected chi connectivity index (χ0v) is 11.0. The predicted molar refractivity (Wildman–Crippen MR) is 68.2 cm³/mol. The number of aliphatic hydroxyl groups excluding tert-OH is 1. The van der Waals surface area contributed by atoms with Gasteiger partial charge in [0.05, 0.1) is 6.42 Å². The minimum absolute atomic E-state index is 0.0343. The van der Waals surface area contributed by atoms with Gasteiger partial charge in [0.1, 0.15) is 6.10 Å². The van der Waals surface area contributed by atoms with Crippen LogP contribution < -0.4 is 0 Å². The van der Waals surface area contributed by atoms with Crippen LogP contribution in [0.4, 0.5) is 0 Å². The van der Waals surface area contributed by atoms with Crippen LogP contribution in [0.25, 0.3) is 0 Å². The molecule has 0 aliphatic rings. The zero-order valence-electron chi connectivity index (χ0n) is 10.2. The van der Waals surface area contributed by atoms with Crippen molar-refractivity contribution >= 4 is 17.3 Å². The second-order valence-corrected chi connectivity index (χ2v) is 5.04. The third kappa shape index (κ3) is 4.11. The van der Waals surface area contributed by atoms with E-state index in [1.54, 1.807) is 0 Å². The van der Waals surface area contributed by atoms with Gasteiger partial charge in [-0.3, -0.25) is 9.69 Å². The number of carboxylic acids is 1. The lowest BCUT2D eigenvalue weighted by Crippen LogP contribution is -2.37. The SMILES string of the molecule is CCC(C(O)c1cccs1)N(C)CCC(=O)O. The van der Waals surface area contributed by atoms with E-state index >= 15 is 0 Å².